The number of hydrogen-bond acceptors (Lipinski definition) is 5. The van der Waals surface area contributed by atoms with Crippen LogP contribution in [0.3, 0.4) is 0 Å². The third kappa shape index (κ3) is 5.54. The summed E-state index contributed by atoms with van der Waals surface area (Å²) in [6, 6.07) is 4.23. The zero-order valence-corrected chi connectivity index (χ0v) is 19.4. The maximum Gasteiger partial charge on any atom is 0.247 e. The van der Waals surface area contributed by atoms with Gasteiger partial charge >= 0.3 is 0 Å². The Balaban J connectivity index is 2.60. The molecule has 166 valence electrons. The predicted octanol–water partition coefficient (Wildman–Crippen LogP) is 1.94. The molecule has 8 heteroatoms. The Labute approximate surface area is 180 Å². The zero-order chi connectivity index (χ0) is 22.6. The van der Waals surface area contributed by atoms with E-state index in [1.165, 1.54) is 17.3 Å². The maximum atomic E-state index is 13.4. The molecule has 0 spiro atoms. The van der Waals surface area contributed by atoms with E-state index in [1.807, 2.05) is 20.8 Å². The SMILES string of the molecule is CC(=O)N(C)C[C@H]1Oc2cc(C#CC(C)C)ccc2S(=O)(=O)N([C@H](C)CO)C[C@@H]1C. The second kappa shape index (κ2) is 9.82. The van der Waals surface area contributed by atoms with Crippen molar-refractivity contribution in [1.29, 1.82) is 0 Å². The van der Waals surface area contributed by atoms with Crippen LogP contribution in [0.25, 0.3) is 0 Å². The van der Waals surface area contributed by atoms with Crippen LogP contribution in [-0.4, -0.2) is 67.5 Å². The van der Waals surface area contributed by atoms with Gasteiger partial charge in [0.25, 0.3) is 0 Å². The van der Waals surface area contributed by atoms with Crippen molar-refractivity contribution in [2.24, 2.45) is 11.8 Å². The molecule has 1 heterocycles. The van der Waals surface area contributed by atoms with Crippen LogP contribution in [-0.2, 0) is 14.8 Å². The van der Waals surface area contributed by atoms with E-state index >= 15 is 0 Å². The highest BCUT2D eigenvalue weighted by atomic mass is 32.2. The first-order chi connectivity index (χ1) is 14.0. The summed E-state index contributed by atoms with van der Waals surface area (Å²) in [6.45, 7) is 9.19. The Morgan fingerprint density at radius 3 is 2.60 bits per heavy atom. The molecule has 1 aliphatic heterocycles. The number of amides is 1. The Kier molecular flexibility index (Phi) is 7.92. The summed E-state index contributed by atoms with van der Waals surface area (Å²) in [7, 11) is -2.20. The molecule has 1 N–H and O–H groups in total. The van der Waals surface area contributed by atoms with E-state index in [4.69, 9.17) is 4.74 Å². The van der Waals surface area contributed by atoms with Gasteiger partial charge in [0.05, 0.1) is 13.2 Å². The molecule has 0 saturated heterocycles. The van der Waals surface area contributed by atoms with E-state index in [2.05, 4.69) is 11.8 Å². The minimum Gasteiger partial charge on any atom is -0.487 e. The Bertz CT molecular complexity index is 933. The number of likely N-dealkylation sites (N-methyl/N-ethyl adjacent to an activating group) is 1. The molecule has 0 radical (unpaired) electrons. The Hall–Kier alpha value is -2.08. The lowest BCUT2D eigenvalue weighted by Gasteiger charge is -2.37. The van der Waals surface area contributed by atoms with Gasteiger partial charge in [0.1, 0.15) is 16.7 Å². The number of ether oxygens (including phenoxy) is 1. The number of hydrogen-bond donors (Lipinski definition) is 1. The van der Waals surface area contributed by atoms with Gasteiger partial charge in [-0.3, -0.25) is 4.79 Å². The van der Waals surface area contributed by atoms with Crippen LogP contribution < -0.4 is 4.74 Å². The van der Waals surface area contributed by atoms with Gasteiger partial charge < -0.3 is 14.7 Å². The first-order valence-corrected chi connectivity index (χ1v) is 11.6. The van der Waals surface area contributed by atoms with Gasteiger partial charge in [0.15, 0.2) is 0 Å². The van der Waals surface area contributed by atoms with Crippen molar-refractivity contribution < 1.29 is 23.1 Å². The summed E-state index contributed by atoms with van der Waals surface area (Å²) in [6.07, 6.45) is -0.421. The van der Waals surface area contributed by atoms with Crippen LogP contribution in [0, 0.1) is 23.7 Å². The summed E-state index contributed by atoms with van der Waals surface area (Å²) < 4.78 is 34.2. The topological polar surface area (TPSA) is 87.2 Å². The first kappa shape index (κ1) is 24.2. The van der Waals surface area contributed by atoms with Gasteiger partial charge in [-0.2, -0.15) is 4.31 Å². The number of benzene rings is 1. The highest BCUT2D eigenvalue weighted by molar-refractivity contribution is 7.89. The molecule has 1 aliphatic rings. The van der Waals surface area contributed by atoms with Crippen molar-refractivity contribution in [3.05, 3.63) is 23.8 Å². The van der Waals surface area contributed by atoms with Crippen LogP contribution in [0.2, 0.25) is 0 Å². The molecule has 0 fully saturated rings. The van der Waals surface area contributed by atoms with E-state index in [-0.39, 0.29) is 41.5 Å². The number of fused-ring (bicyclic) bond motifs is 1. The lowest BCUT2D eigenvalue weighted by molar-refractivity contribution is -0.129. The molecule has 0 saturated carbocycles. The molecule has 0 bridgehead atoms. The van der Waals surface area contributed by atoms with Crippen LogP contribution in [0.15, 0.2) is 23.1 Å². The van der Waals surface area contributed by atoms with Gasteiger partial charge in [0, 0.05) is 44.0 Å². The molecule has 1 aromatic rings. The van der Waals surface area contributed by atoms with Crippen LogP contribution in [0.4, 0.5) is 0 Å². The minimum atomic E-state index is -3.88. The Morgan fingerprint density at radius 1 is 1.37 bits per heavy atom. The van der Waals surface area contributed by atoms with Crippen LogP contribution in [0.1, 0.15) is 40.2 Å². The first-order valence-electron chi connectivity index (χ1n) is 10.1. The standard InChI is InChI=1S/C22H32N2O5S/c1-15(2)7-8-19-9-10-22-20(11-19)29-21(13-23(6)18(5)26)16(3)12-24(17(4)14-25)30(22,27)28/h9-11,15-17,21,25H,12-14H2,1-6H3/t16-,17+,21+/m0/s1. The highest BCUT2D eigenvalue weighted by Crippen LogP contribution is 2.34. The van der Waals surface area contributed by atoms with Gasteiger partial charge in [-0.1, -0.05) is 32.6 Å². The van der Waals surface area contributed by atoms with Gasteiger partial charge in [0.2, 0.25) is 15.9 Å². The summed E-state index contributed by atoms with van der Waals surface area (Å²) in [5.41, 5.74) is 0.659. The van der Waals surface area contributed by atoms with Crippen molar-refractivity contribution in [1.82, 2.24) is 9.21 Å². The molecule has 0 aromatic heterocycles. The van der Waals surface area contributed by atoms with Crippen molar-refractivity contribution in [2.45, 2.75) is 51.7 Å². The second-order valence-corrected chi connectivity index (χ2v) is 10.1. The molecule has 1 aromatic carbocycles. The maximum absolute atomic E-state index is 13.4. The van der Waals surface area contributed by atoms with E-state index < -0.39 is 22.2 Å². The monoisotopic (exact) mass is 436 g/mol. The number of rotatable bonds is 4. The summed E-state index contributed by atoms with van der Waals surface area (Å²) >= 11 is 0. The fourth-order valence-electron chi connectivity index (χ4n) is 3.15. The largest absolute Gasteiger partial charge is 0.487 e. The lowest BCUT2D eigenvalue weighted by Crippen LogP contribution is -2.50. The third-order valence-corrected chi connectivity index (χ3v) is 7.18. The van der Waals surface area contributed by atoms with Crippen molar-refractivity contribution in [2.75, 3.05) is 26.7 Å². The summed E-state index contributed by atoms with van der Waals surface area (Å²) in [5.74, 6) is 6.19. The van der Waals surface area contributed by atoms with E-state index in [0.717, 1.165) is 0 Å². The molecule has 2 rings (SSSR count). The summed E-state index contributed by atoms with van der Waals surface area (Å²) in [5, 5.41) is 9.66. The number of nitrogens with zero attached hydrogens (tertiary/aromatic N) is 2. The van der Waals surface area contributed by atoms with Crippen LogP contribution >= 0.6 is 0 Å². The van der Waals surface area contributed by atoms with E-state index in [9.17, 15) is 18.3 Å². The van der Waals surface area contributed by atoms with Gasteiger partial charge in [-0.25, -0.2) is 8.42 Å². The molecule has 0 unspecified atom stereocenters. The Morgan fingerprint density at radius 2 is 2.03 bits per heavy atom. The van der Waals surface area contributed by atoms with Crippen molar-refractivity contribution >= 4 is 15.9 Å². The molecule has 3 atom stereocenters. The molecule has 1 amide bonds. The number of aliphatic hydroxyl groups is 1. The number of carbonyl (C=O) groups is 1. The fraction of sp³-hybridized carbons (Fsp3) is 0.591. The van der Waals surface area contributed by atoms with Crippen molar-refractivity contribution in [3.63, 3.8) is 0 Å². The van der Waals surface area contributed by atoms with E-state index in [0.29, 0.717) is 12.1 Å². The van der Waals surface area contributed by atoms with Gasteiger partial charge in [-0.05, 0) is 25.1 Å². The van der Waals surface area contributed by atoms with Crippen molar-refractivity contribution in [3.8, 4) is 17.6 Å². The molecular formula is C22H32N2O5S. The normalized spacial score (nSPS) is 22.0. The lowest BCUT2D eigenvalue weighted by atomic mass is 10.0. The number of carbonyl (C=O) groups excluding carboxylic acids is 1. The smallest absolute Gasteiger partial charge is 0.247 e. The predicted molar refractivity (Wildman–Crippen MR) is 115 cm³/mol. The fourth-order valence-corrected chi connectivity index (χ4v) is 4.97. The quantitative estimate of drug-likeness (QED) is 0.729. The summed E-state index contributed by atoms with van der Waals surface area (Å²) in [4.78, 5) is 13.4. The average Bonchev–Trinajstić information content (AvgIpc) is 2.68. The third-order valence-electron chi connectivity index (χ3n) is 5.16. The average molecular weight is 437 g/mol. The number of aliphatic hydroxyl groups excluding tert-OH is 1. The molecule has 0 aliphatic carbocycles. The van der Waals surface area contributed by atoms with E-state index in [1.54, 1.807) is 31.0 Å². The number of sulfonamides is 1. The molecule has 30 heavy (non-hydrogen) atoms. The highest BCUT2D eigenvalue weighted by Gasteiger charge is 2.38. The van der Waals surface area contributed by atoms with Crippen LogP contribution in [0.5, 0.6) is 5.75 Å². The molecular weight excluding hydrogens is 404 g/mol. The zero-order valence-electron chi connectivity index (χ0n) is 18.5. The minimum absolute atomic E-state index is 0.0419. The second-order valence-electron chi connectivity index (χ2n) is 8.22. The molecule has 7 nitrogen and oxygen atoms in total. The van der Waals surface area contributed by atoms with Gasteiger partial charge in [-0.15, -0.1) is 0 Å².